The van der Waals surface area contributed by atoms with Crippen LogP contribution in [0.1, 0.15) is 0 Å². The number of anilines is 1. The Labute approximate surface area is 89.3 Å². The van der Waals surface area contributed by atoms with E-state index in [0.717, 1.165) is 5.57 Å². The van der Waals surface area contributed by atoms with Gasteiger partial charge in [0.05, 0.1) is 19.9 Å². The molecule has 0 aliphatic rings. The van der Waals surface area contributed by atoms with Crippen LogP contribution in [0.5, 0.6) is 0 Å². The highest BCUT2D eigenvalue weighted by Crippen LogP contribution is 2.06. The summed E-state index contributed by atoms with van der Waals surface area (Å²) < 4.78 is 6.56. The van der Waals surface area contributed by atoms with Gasteiger partial charge in [-0.05, 0) is 17.7 Å². The lowest BCUT2D eigenvalue weighted by molar-refractivity contribution is 0.309. The minimum atomic E-state index is 0.562. The van der Waals surface area contributed by atoms with Gasteiger partial charge < -0.3 is 10.5 Å². The number of methoxy groups -OCH3 is 1. The van der Waals surface area contributed by atoms with E-state index in [9.17, 15) is 0 Å². The summed E-state index contributed by atoms with van der Waals surface area (Å²) >= 11 is 0. The summed E-state index contributed by atoms with van der Waals surface area (Å²) in [6.07, 6.45) is 5.23. The maximum atomic E-state index is 5.66. The fraction of sp³-hybridized carbons (Fsp3) is 0.182. The average Bonchev–Trinajstić information content (AvgIpc) is 2.61. The zero-order chi connectivity index (χ0) is 11.3. The van der Waals surface area contributed by atoms with Crippen molar-refractivity contribution in [2.75, 3.05) is 12.8 Å². The van der Waals surface area contributed by atoms with E-state index in [1.54, 1.807) is 30.1 Å². The number of nitrogen functional groups attached to an aromatic ring is 1. The third kappa shape index (κ3) is 3.34. The minimum Gasteiger partial charge on any atom is -0.497 e. The molecule has 4 nitrogen and oxygen atoms in total. The highest BCUT2D eigenvalue weighted by Gasteiger charge is 1.97. The van der Waals surface area contributed by atoms with Crippen molar-refractivity contribution in [2.24, 2.45) is 0 Å². The third-order valence-electron chi connectivity index (χ3n) is 1.87. The molecule has 2 N–H and O–H groups in total. The maximum absolute atomic E-state index is 5.66. The lowest BCUT2D eigenvalue weighted by Crippen LogP contribution is -2.05. The van der Waals surface area contributed by atoms with Gasteiger partial charge in [-0.25, -0.2) is 4.68 Å². The minimum absolute atomic E-state index is 0.562. The first-order chi connectivity index (χ1) is 7.13. The highest BCUT2D eigenvalue weighted by molar-refractivity contribution is 5.29. The van der Waals surface area contributed by atoms with Crippen LogP contribution in [-0.2, 0) is 11.3 Å². The van der Waals surface area contributed by atoms with Gasteiger partial charge in [0.1, 0.15) is 11.6 Å². The van der Waals surface area contributed by atoms with Gasteiger partial charge in [-0.3, -0.25) is 0 Å². The van der Waals surface area contributed by atoms with Gasteiger partial charge in [-0.15, -0.1) is 0 Å². The maximum Gasteiger partial charge on any atom is 0.122 e. The van der Waals surface area contributed by atoms with E-state index in [0.29, 0.717) is 18.1 Å². The van der Waals surface area contributed by atoms with Crippen molar-refractivity contribution in [3.05, 3.63) is 48.9 Å². The highest BCUT2D eigenvalue weighted by atomic mass is 16.5. The van der Waals surface area contributed by atoms with Crippen molar-refractivity contribution in [3.8, 4) is 0 Å². The lowest BCUT2D eigenvalue weighted by Gasteiger charge is -2.03. The summed E-state index contributed by atoms with van der Waals surface area (Å²) in [6, 6.07) is 1.74. The predicted molar refractivity (Wildman–Crippen MR) is 61.1 cm³/mol. The molecule has 0 bridgehead atoms. The standard InChI is InChI=1S/C11H15N3O/c1-9(4-5-10(2)15-3)8-14-11(12)6-7-13-14/h4-7H,1-2,8,12H2,3H3. The number of ether oxygens (including phenoxy) is 1. The fourth-order valence-electron chi connectivity index (χ4n) is 0.999. The molecular weight excluding hydrogens is 190 g/mol. The first-order valence-corrected chi connectivity index (χ1v) is 4.49. The number of hydrogen-bond acceptors (Lipinski definition) is 3. The Bertz CT molecular complexity index is 390. The van der Waals surface area contributed by atoms with Crippen LogP contribution in [0.15, 0.2) is 48.9 Å². The zero-order valence-corrected chi connectivity index (χ0v) is 8.81. The molecule has 0 saturated carbocycles. The monoisotopic (exact) mass is 205 g/mol. The number of nitrogens with two attached hydrogens (primary N) is 1. The molecule has 0 unspecified atom stereocenters. The van der Waals surface area contributed by atoms with Gasteiger partial charge in [0.15, 0.2) is 0 Å². The topological polar surface area (TPSA) is 53.1 Å². The fourth-order valence-corrected chi connectivity index (χ4v) is 0.999. The molecule has 0 aromatic carbocycles. The molecule has 80 valence electrons. The Morgan fingerprint density at radius 1 is 1.60 bits per heavy atom. The van der Waals surface area contributed by atoms with Gasteiger partial charge in [0, 0.05) is 0 Å². The molecule has 1 aromatic heterocycles. The normalized spacial score (nSPS) is 10.5. The molecule has 0 radical (unpaired) electrons. The Balaban J connectivity index is 2.54. The van der Waals surface area contributed by atoms with Crippen LogP contribution in [0.25, 0.3) is 0 Å². The molecule has 0 atom stereocenters. The molecule has 0 aliphatic carbocycles. The second-order valence-electron chi connectivity index (χ2n) is 3.08. The summed E-state index contributed by atoms with van der Waals surface area (Å²) in [5, 5.41) is 4.05. The van der Waals surface area contributed by atoms with Crippen LogP contribution < -0.4 is 5.73 Å². The van der Waals surface area contributed by atoms with Gasteiger partial charge in [-0.2, -0.15) is 5.10 Å². The summed E-state index contributed by atoms with van der Waals surface area (Å²) in [5.74, 6) is 1.21. The van der Waals surface area contributed by atoms with Crippen molar-refractivity contribution in [1.29, 1.82) is 0 Å². The van der Waals surface area contributed by atoms with Crippen molar-refractivity contribution in [3.63, 3.8) is 0 Å². The molecule has 0 spiro atoms. The number of allylic oxidation sites excluding steroid dienone is 3. The van der Waals surface area contributed by atoms with Crippen LogP contribution in [0, 0.1) is 0 Å². The Morgan fingerprint density at radius 3 is 2.87 bits per heavy atom. The lowest BCUT2D eigenvalue weighted by atomic mass is 10.2. The molecule has 15 heavy (non-hydrogen) atoms. The predicted octanol–water partition coefficient (Wildman–Crippen LogP) is 1.74. The molecular formula is C11H15N3O. The molecule has 0 amide bonds. The van der Waals surface area contributed by atoms with E-state index in [1.807, 2.05) is 6.08 Å². The molecule has 0 saturated heterocycles. The van der Waals surface area contributed by atoms with Crippen molar-refractivity contribution < 1.29 is 4.74 Å². The van der Waals surface area contributed by atoms with Crippen LogP contribution in [0.3, 0.4) is 0 Å². The summed E-state index contributed by atoms with van der Waals surface area (Å²) in [4.78, 5) is 0. The van der Waals surface area contributed by atoms with E-state index in [4.69, 9.17) is 10.5 Å². The first kappa shape index (κ1) is 11.1. The zero-order valence-electron chi connectivity index (χ0n) is 8.81. The Hall–Kier alpha value is -1.97. The summed E-state index contributed by atoms with van der Waals surface area (Å²) in [5.41, 5.74) is 6.54. The third-order valence-corrected chi connectivity index (χ3v) is 1.87. The van der Waals surface area contributed by atoms with E-state index in [1.165, 1.54) is 0 Å². The van der Waals surface area contributed by atoms with E-state index >= 15 is 0 Å². The second kappa shape index (κ2) is 5.05. The van der Waals surface area contributed by atoms with E-state index < -0.39 is 0 Å². The molecule has 0 fully saturated rings. The number of rotatable bonds is 5. The molecule has 1 heterocycles. The largest absolute Gasteiger partial charge is 0.497 e. The quantitative estimate of drug-likeness (QED) is 0.588. The van der Waals surface area contributed by atoms with Gasteiger partial charge in [0.2, 0.25) is 0 Å². The van der Waals surface area contributed by atoms with Gasteiger partial charge in [0.25, 0.3) is 0 Å². The molecule has 1 rings (SSSR count). The SMILES string of the molecule is C=C(C=CC(=C)OC)Cn1nccc1N. The average molecular weight is 205 g/mol. The second-order valence-corrected chi connectivity index (χ2v) is 3.08. The van der Waals surface area contributed by atoms with Crippen LogP contribution in [0.4, 0.5) is 5.82 Å². The molecule has 1 aromatic rings. The Morgan fingerprint density at radius 2 is 2.33 bits per heavy atom. The van der Waals surface area contributed by atoms with Crippen molar-refractivity contribution >= 4 is 5.82 Å². The van der Waals surface area contributed by atoms with Gasteiger partial charge >= 0.3 is 0 Å². The van der Waals surface area contributed by atoms with E-state index in [2.05, 4.69) is 18.3 Å². The van der Waals surface area contributed by atoms with E-state index in [-0.39, 0.29) is 0 Å². The van der Waals surface area contributed by atoms with Crippen LogP contribution >= 0.6 is 0 Å². The number of hydrogen-bond donors (Lipinski definition) is 1. The number of aromatic nitrogens is 2. The van der Waals surface area contributed by atoms with Crippen molar-refractivity contribution in [2.45, 2.75) is 6.54 Å². The molecule has 0 aliphatic heterocycles. The first-order valence-electron chi connectivity index (χ1n) is 4.49. The van der Waals surface area contributed by atoms with Crippen molar-refractivity contribution in [1.82, 2.24) is 9.78 Å². The number of nitrogens with zero attached hydrogens (tertiary/aromatic N) is 2. The summed E-state index contributed by atoms with van der Waals surface area (Å²) in [7, 11) is 1.57. The Kier molecular flexibility index (Phi) is 3.74. The molecule has 4 heteroatoms. The smallest absolute Gasteiger partial charge is 0.122 e. The summed E-state index contributed by atoms with van der Waals surface area (Å²) in [6.45, 7) is 8.10. The van der Waals surface area contributed by atoms with Crippen LogP contribution in [-0.4, -0.2) is 16.9 Å². The van der Waals surface area contributed by atoms with Gasteiger partial charge in [-0.1, -0.05) is 19.2 Å². The van der Waals surface area contributed by atoms with Crippen LogP contribution in [0.2, 0.25) is 0 Å².